The number of amides is 1. The Kier molecular flexibility index (Phi) is 7.87. The molecule has 1 aliphatic rings. The van der Waals surface area contributed by atoms with Crippen LogP contribution in [0.1, 0.15) is 37.6 Å². The lowest BCUT2D eigenvalue weighted by molar-refractivity contribution is -0.135. The first-order chi connectivity index (χ1) is 13.4. The van der Waals surface area contributed by atoms with E-state index in [0.29, 0.717) is 42.5 Å². The van der Waals surface area contributed by atoms with Gasteiger partial charge in [0.1, 0.15) is 12.7 Å². The summed E-state index contributed by atoms with van der Waals surface area (Å²) in [5.74, 6) is 1.03. The number of morpholine rings is 1. The van der Waals surface area contributed by atoms with E-state index < -0.39 is 0 Å². The smallest absolute Gasteiger partial charge is 0.249 e. The van der Waals surface area contributed by atoms with Gasteiger partial charge in [0.2, 0.25) is 11.7 Å². The first-order valence-corrected chi connectivity index (χ1v) is 9.39. The molecule has 1 heterocycles. The fourth-order valence-corrected chi connectivity index (χ4v) is 3.14. The third-order valence-electron chi connectivity index (χ3n) is 4.57. The van der Waals surface area contributed by atoms with Crippen LogP contribution < -0.4 is 14.2 Å². The minimum absolute atomic E-state index is 0.0125. The Morgan fingerprint density at radius 2 is 1.96 bits per heavy atom. The zero-order chi connectivity index (χ0) is 20.7. The van der Waals surface area contributed by atoms with Gasteiger partial charge in [0.25, 0.3) is 0 Å². The van der Waals surface area contributed by atoms with E-state index in [9.17, 15) is 9.59 Å². The van der Waals surface area contributed by atoms with Gasteiger partial charge in [0.05, 0.1) is 32.9 Å². The molecule has 28 heavy (non-hydrogen) atoms. The highest BCUT2D eigenvalue weighted by atomic mass is 16.6. The number of methoxy groups -OCH3 is 2. The third kappa shape index (κ3) is 5.04. The summed E-state index contributed by atoms with van der Waals surface area (Å²) in [6.07, 6.45) is 2.43. The van der Waals surface area contributed by atoms with Gasteiger partial charge in [-0.3, -0.25) is 9.59 Å². The van der Waals surface area contributed by atoms with Gasteiger partial charge in [0.15, 0.2) is 17.3 Å². The molecule has 2 rings (SSSR count). The maximum atomic E-state index is 12.5. The molecule has 0 N–H and O–H groups in total. The van der Waals surface area contributed by atoms with E-state index in [4.69, 9.17) is 18.9 Å². The molecule has 0 aromatic heterocycles. The molecule has 1 unspecified atom stereocenters. The molecule has 1 atom stereocenters. The number of nitrogens with zero attached hydrogens (tertiary/aromatic N) is 1. The highest BCUT2D eigenvalue weighted by Gasteiger charge is 2.27. The summed E-state index contributed by atoms with van der Waals surface area (Å²) in [7, 11) is 3.02. The van der Waals surface area contributed by atoms with Gasteiger partial charge >= 0.3 is 0 Å². The highest BCUT2D eigenvalue weighted by molar-refractivity contribution is 5.98. The number of ether oxygens (including phenoxy) is 4. The van der Waals surface area contributed by atoms with Gasteiger partial charge in [-0.15, -0.1) is 0 Å². The Balaban J connectivity index is 2.14. The molecular formula is C21H29NO6. The van der Waals surface area contributed by atoms with Crippen LogP contribution >= 0.6 is 0 Å². The summed E-state index contributed by atoms with van der Waals surface area (Å²) >= 11 is 0. The van der Waals surface area contributed by atoms with Crippen molar-refractivity contribution in [2.45, 2.75) is 33.3 Å². The number of rotatable bonds is 8. The normalized spacial score (nSPS) is 17.2. The molecule has 0 aliphatic carbocycles. The van der Waals surface area contributed by atoms with E-state index in [1.807, 2.05) is 19.9 Å². The van der Waals surface area contributed by atoms with Gasteiger partial charge < -0.3 is 23.8 Å². The van der Waals surface area contributed by atoms with Crippen LogP contribution in [-0.2, 0) is 9.53 Å². The zero-order valence-electron chi connectivity index (χ0n) is 17.2. The molecule has 1 aromatic carbocycles. The van der Waals surface area contributed by atoms with Crippen LogP contribution in [0.4, 0.5) is 0 Å². The van der Waals surface area contributed by atoms with Crippen molar-refractivity contribution in [3.63, 3.8) is 0 Å². The van der Waals surface area contributed by atoms with Crippen LogP contribution in [-0.4, -0.2) is 63.2 Å². The zero-order valence-corrected chi connectivity index (χ0v) is 17.2. The third-order valence-corrected chi connectivity index (χ3v) is 4.57. The summed E-state index contributed by atoms with van der Waals surface area (Å²) < 4.78 is 22.4. The average molecular weight is 391 g/mol. The summed E-state index contributed by atoms with van der Waals surface area (Å²) in [6, 6.07) is 3.32. The lowest BCUT2D eigenvalue weighted by atomic mass is 10.1. The fourth-order valence-electron chi connectivity index (χ4n) is 3.14. The van der Waals surface area contributed by atoms with Crippen LogP contribution in [0.15, 0.2) is 23.8 Å². The van der Waals surface area contributed by atoms with E-state index in [1.165, 1.54) is 21.1 Å². The SMILES string of the molecule is CCC=C(C)C(=O)N1CCOC(COc2c(C(C)=O)ccc(OC)c2OC)C1. The van der Waals surface area contributed by atoms with Crippen molar-refractivity contribution in [3.05, 3.63) is 29.3 Å². The van der Waals surface area contributed by atoms with Crippen LogP contribution in [0.3, 0.4) is 0 Å². The maximum absolute atomic E-state index is 12.5. The number of benzene rings is 1. The number of carbonyl (C=O) groups is 2. The van der Waals surface area contributed by atoms with Crippen LogP contribution in [0.5, 0.6) is 17.2 Å². The van der Waals surface area contributed by atoms with E-state index in [0.717, 1.165) is 12.0 Å². The number of allylic oxidation sites excluding steroid dienone is 1. The maximum Gasteiger partial charge on any atom is 0.249 e. The van der Waals surface area contributed by atoms with Crippen molar-refractivity contribution < 1.29 is 28.5 Å². The van der Waals surface area contributed by atoms with Crippen molar-refractivity contribution in [1.82, 2.24) is 4.90 Å². The Morgan fingerprint density at radius 3 is 2.57 bits per heavy atom. The lowest BCUT2D eigenvalue weighted by Gasteiger charge is -2.33. The molecule has 7 nitrogen and oxygen atoms in total. The first-order valence-electron chi connectivity index (χ1n) is 9.39. The van der Waals surface area contributed by atoms with Gasteiger partial charge in [0, 0.05) is 12.1 Å². The fraction of sp³-hybridized carbons (Fsp3) is 0.524. The summed E-state index contributed by atoms with van der Waals surface area (Å²) in [5.41, 5.74) is 1.14. The number of hydrogen-bond acceptors (Lipinski definition) is 6. The summed E-state index contributed by atoms with van der Waals surface area (Å²) in [5, 5.41) is 0. The molecule has 154 valence electrons. The quantitative estimate of drug-likeness (QED) is 0.501. The summed E-state index contributed by atoms with van der Waals surface area (Å²) in [6.45, 7) is 6.89. The Labute approximate surface area is 166 Å². The van der Waals surface area contributed by atoms with Crippen molar-refractivity contribution in [2.24, 2.45) is 0 Å². The standard InChI is InChI=1S/C21H29NO6/c1-6-7-14(2)21(24)22-10-11-27-16(12-22)13-28-19-17(15(3)23)8-9-18(25-4)20(19)26-5/h7-9,16H,6,10-13H2,1-5H3. The molecule has 1 saturated heterocycles. The second kappa shape index (κ2) is 10.1. The van der Waals surface area contributed by atoms with Crippen molar-refractivity contribution in [3.8, 4) is 17.2 Å². The molecule has 1 aliphatic heterocycles. The van der Waals surface area contributed by atoms with Gasteiger partial charge in [-0.25, -0.2) is 0 Å². The lowest BCUT2D eigenvalue weighted by Crippen LogP contribution is -2.47. The Morgan fingerprint density at radius 1 is 1.21 bits per heavy atom. The molecule has 7 heteroatoms. The number of carbonyl (C=O) groups excluding carboxylic acids is 2. The molecule has 1 aromatic rings. The molecule has 1 amide bonds. The first kappa shape index (κ1) is 21.8. The van der Waals surface area contributed by atoms with Crippen LogP contribution in [0.25, 0.3) is 0 Å². The highest BCUT2D eigenvalue weighted by Crippen LogP contribution is 2.40. The second-order valence-electron chi connectivity index (χ2n) is 6.58. The Bertz CT molecular complexity index is 743. The van der Waals surface area contributed by atoms with Crippen LogP contribution in [0.2, 0.25) is 0 Å². The monoisotopic (exact) mass is 391 g/mol. The van der Waals surface area contributed by atoms with E-state index >= 15 is 0 Å². The second-order valence-corrected chi connectivity index (χ2v) is 6.58. The van der Waals surface area contributed by atoms with Gasteiger partial charge in [-0.1, -0.05) is 13.0 Å². The summed E-state index contributed by atoms with van der Waals surface area (Å²) in [4.78, 5) is 26.3. The van der Waals surface area contributed by atoms with Crippen molar-refractivity contribution in [1.29, 1.82) is 0 Å². The molecule has 0 bridgehead atoms. The van der Waals surface area contributed by atoms with Crippen molar-refractivity contribution in [2.75, 3.05) is 40.5 Å². The minimum Gasteiger partial charge on any atom is -0.493 e. The van der Waals surface area contributed by atoms with Gasteiger partial charge in [-0.05, 0) is 32.4 Å². The molecular weight excluding hydrogens is 362 g/mol. The van der Waals surface area contributed by atoms with E-state index in [2.05, 4.69) is 0 Å². The number of Topliss-reactive ketones (excluding diaryl/α,β-unsaturated/α-hetero) is 1. The molecule has 1 fully saturated rings. The van der Waals surface area contributed by atoms with E-state index in [1.54, 1.807) is 17.0 Å². The van der Waals surface area contributed by atoms with E-state index in [-0.39, 0.29) is 24.4 Å². The average Bonchev–Trinajstić information content (AvgIpc) is 2.70. The topological polar surface area (TPSA) is 74.3 Å². The van der Waals surface area contributed by atoms with Crippen LogP contribution in [0, 0.1) is 0 Å². The minimum atomic E-state index is -0.303. The molecule has 0 radical (unpaired) electrons. The number of hydrogen-bond donors (Lipinski definition) is 0. The molecule has 0 saturated carbocycles. The van der Waals surface area contributed by atoms with Gasteiger partial charge in [-0.2, -0.15) is 0 Å². The predicted molar refractivity (Wildman–Crippen MR) is 105 cm³/mol. The largest absolute Gasteiger partial charge is 0.493 e. The van der Waals surface area contributed by atoms with Crippen molar-refractivity contribution >= 4 is 11.7 Å². The Hall–Kier alpha value is -2.54. The predicted octanol–water partition coefficient (Wildman–Crippen LogP) is 2.87. The molecule has 0 spiro atoms. The number of ketones is 1.